The van der Waals surface area contributed by atoms with Crippen LogP contribution in [0, 0.1) is 17.5 Å². The number of amides is 3. The fourth-order valence-electron chi connectivity index (χ4n) is 4.23. The SMILES string of the molecule is CC1([C@@H](c2cnn(-c3ccc(F)cc3)c2)c2ccc(F)c(Cl)c2F)C(=O)NCCN1C(N)=O. The molecule has 1 aliphatic heterocycles. The van der Waals surface area contributed by atoms with Crippen LogP contribution in [0.15, 0.2) is 48.8 Å². The molecule has 11 heteroatoms. The van der Waals surface area contributed by atoms with Crippen LogP contribution >= 0.6 is 11.6 Å². The number of nitrogens with zero attached hydrogens (tertiary/aromatic N) is 3. The molecule has 0 radical (unpaired) electrons. The van der Waals surface area contributed by atoms with Gasteiger partial charge in [0.2, 0.25) is 5.91 Å². The lowest BCUT2D eigenvalue weighted by Crippen LogP contribution is -2.68. The van der Waals surface area contributed by atoms with Crippen LogP contribution < -0.4 is 11.1 Å². The lowest BCUT2D eigenvalue weighted by atomic mass is 9.74. The molecule has 4 rings (SSSR count). The van der Waals surface area contributed by atoms with Crippen molar-refractivity contribution in [1.29, 1.82) is 0 Å². The molecule has 0 aliphatic carbocycles. The summed E-state index contributed by atoms with van der Waals surface area (Å²) in [5, 5.41) is 6.19. The number of carbonyl (C=O) groups excluding carboxylic acids is 2. The number of primary amides is 1. The van der Waals surface area contributed by atoms with Crippen molar-refractivity contribution in [2.75, 3.05) is 13.1 Å². The first kappa shape index (κ1) is 22.7. The molecule has 7 nitrogen and oxygen atoms in total. The van der Waals surface area contributed by atoms with Gasteiger partial charge in [-0.25, -0.2) is 22.6 Å². The first-order chi connectivity index (χ1) is 15.6. The van der Waals surface area contributed by atoms with E-state index in [1.54, 1.807) is 0 Å². The predicted octanol–water partition coefficient (Wildman–Crippen LogP) is 3.34. The van der Waals surface area contributed by atoms with Crippen molar-refractivity contribution < 1.29 is 22.8 Å². The van der Waals surface area contributed by atoms with Crippen LogP contribution in [-0.2, 0) is 4.79 Å². The minimum Gasteiger partial charge on any atom is -0.352 e. The number of piperazine rings is 1. The van der Waals surface area contributed by atoms with Crippen LogP contribution in [0.25, 0.3) is 5.69 Å². The van der Waals surface area contributed by atoms with E-state index < -0.39 is 45.9 Å². The molecule has 1 saturated heterocycles. The number of halogens is 4. The van der Waals surface area contributed by atoms with Gasteiger partial charge in [0.15, 0.2) is 0 Å². The smallest absolute Gasteiger partial charge is 0.315 e. The summed E-state index contributed by atoms with van der Waals surface area (Å²) in [4.78, 5) is 26.6. The monoisotopic (exact) mass is 477 g/mol. The molecule has 2 heterocycles. The Morgan fingerprint density at radius 3 is 2.58 bits per heavy atom. The summed E-state index contributed by atoms with van der Waals surface area (Å²) in [5.41, 5.74) is 4.59. The topological polar surface area (TPSA) is 93.2 Å². The molecule has 1 aliphatic rings. The van der Waals surface area contributed by atoms with Crippen molar-refractivity contribution in [3.63, 3.8) is 0 Å². The fourth-order valence-corrected chi connectivity index (χ4v) is 4.40. The van der Waals surface area contributed by atoms with E-state index in [0.717, 1.165) is 11.0 Å². The molecule has 1 aromatic heterocycles. The molecule has 2 atom stereocenters. The van der Waals surface area contributed by atoms with Crippen LogP contribution in [0.2, 0.25) is 5.02 Å². The van der Waals surface area contributed by atoms with E-state index in [1.165, 1.54) is 54.3 Å². The third-order valence-electron chi connectivity index (χ3n) is 5.87. The van der Waals surface area contributed by atoms with Gasteiger partial charge in [-0.05, 0) is 37.3 Å². The van der Waals surface area contributed by atoms with Gasteiger partial charge in [0, 0.05) is 36.3 Å². The average molecular weight is 478 g/mol. The summed E-state index contributed by atoms with van der Waals surface area (Å²) in [6.07, 6.45) is 2.90. The number of hydrogen-bond acceptors (Lipinski definition) is 3. The van der Waals surface area contributed by atoms with Gasteiger partial charge in [0.25, 0.3) is 0 Å². The number of nitrogens with two attached hydrogens (primary N) is 1. The number of benzene rings is 2. The van der Waals surface area contributed by atoms with Gasteiger partial charge in [-0.1, -0.05) is 17.7 Å². The van der Waals surface area contributed by atoms with Crippen LogP contribution in [0.5, 0.6) is 0 Å². The van der Waals surface area contributed by atoms with E-state index in [1.807, 2.05) is 0 Å². The van der Waals surface area contributed by atoms with Crippen LogP contribution in [0.3, 0.4) is 0 Å². The van der Waals surface area contributed by atoms with Gasteiger partial charge in [-0.3, -0.25) is 4.79 Å². The third kappa shape index (κ3) is 3.80. The lowest BCUT2D eigenvalue weighted by Gasteiger charge is -2.47. The van der Waals surface area contributed by atoms with Crippen molar-refractivity contribution >= 4 is 23.5 Å². The van der Waals surface area contributed by atoms with Gasteiger partial charge in [-0.15, -0.1) is 0 Å². The molecule has 0 spiro atoms. The Balaban J connectivity index is 1.93. The van der Waals surface area contributed by atoms with E-state index in [0.29, 0.717) is 11.3 Å². The predicted molar refractivity (Wildman–Crippen MR) is 114 cm³/mol. The quantitative estimate of drug-likeness (QED) is 0.564. The van der Waals surface area contributed by atoms with Crippen molar-refractivity contribution in [2.45, 2.75) is 18.4 Å². The van der Waals surface area contributed by atoms with Crippen LogP contribution in [0.1, 0.15) is 24.0 Å². The molecule has 1 unspecified atom stereocenters. The highest BCUT2D eigenvalue weighted by Crippen LogP contribution is 2.42. The van der Waals surface area contributed by atoms with Gasteiger partial charge in [0.1, 0.15) is 28.0 Å². The molecule has 2 aromatic carbocycles. The Labute approximate surface area is 191 Å². The molecule has 172 valence electrons. The lowest BCUT2D eigenvalue weighted by molar-refractivity contribution is -0.134. The number of hydrogen-bond donors (Lipinski definition) is 2. The zero-order chi connectivity index (χ0) is 23.9. The fraction of sp³-hybridized carbons (Fsp3) is 0.227. The maximum Gasteiger partial charge on any atom is 0.315 e. The molecule has 0 saturated carbocycles. The summed E-state index contributed by atoms with van der Waals surface area (Å²) < 4.78 is 43.9. The Kier molecular flexibility index (Phi) is 5.79. The number of carbonyl (C=O) groups is 2. The van der Waals surface area contributed by atoms with E-state index in [2.05, 4.69) is 10.4 Å². The van der Waals surface area contributed by atoms with Crippen molar-refractivity contribution in [3.8, 4) is 5.69 Å². The normalized spacial score (nSPS) is 19.3. The molecular formula is C22H19ClF3N5O2. The highest BCUT2D eigenvalue weighted by Gasteiger charge is 2.52. The Bertz CT molecular complexity index is 1230. The highest BCUT2D eigenvalue weighted by atomic mass is 35.5. The highest BCUT2D eigenvalue weighted by molar-refractivity contribution is 6.31. The summed E-state index contributed by atoms with van der Waals surface area (Å²) in [7, 11) is 0. The first-order valence-corrected chi connectivity index (χ1v) is 10.3. The number of urea groups is 1. The zero-order valence-electron chi connectivity index (χ0n) is 17.4. The van der Waals surface area contributed by atoms with Crippen molar-refractivity contribution in [1.82, 2.24) is 20.0 Å². The standard InChI is InChI=1S/C22H19ClF3N5O2/c1-22(20(32)28-8-9-30(22)21(27)33)17(15-6-7-16(25)18(23)19(15)26)12-10-29-31(11-12)14-4-2-13(24)3-5-14/h2-7,10-11,17H,8-9H2,1H3,(H2,27,33)(H,28,32)/t17-,22?/m0/s1. The van der Waals surface area contributed by atoms with Crippen LogP contribution in [0.4, 0.5) is 18.0 Å². The Morgan fingerprint density at radius 1 is 1.21 bits per heavy atom. The maximum atomic E-state index is 15.2. The summed E-state index contributed by atoms with van der Waals surface area (Å²) in [6.45, 7) is 1.69. The zero-order valence-corrected chi connectivity index (χ0v) is 18.1. The molecule has 3 amide bonds. The summed E-state index contributed by atoms with van der Waals surface area (Å²) in [6, 6.07) is 6.75. The minimum atomic E-state index is -1.69. The third-order valence-corrected chi connectivity index (χ3v) is 6.22. The second-order valence-electron chi connectivity index (χ2n) is 7.79. The van der Waals surface area contributed by atoms with Crippen molar-refractivity contribution in [3.05, 3.63) is 82.4 Å². The number of aromatic nitrogens is 2. The largest absolute Gasteiger partial charge is 0.352 e. The summed E-state index contributed by atoms with van der Waals surface area (Å²) >= 11 is 5.84. The number of nitrogens with one attached hydrogen (secondary N) is 1. The molecule has 3 aromatic rings. The van der Waals surface area contributed by atoms with E-state index in [-0.39, 0.29) is 18.7 Å². The maximum absolute atomic E-state index is 15.2. The molecule has 0 bridgehead atoms. The van der Waals surface area contributed by atoms with Gasteiger partial charge in [0.05, 0.1) is 11.9 Å². The number of rotatable bonds is 4. The van der Waals surface area contributed by atoms with E-state index in [9.17, 15) is 18.4 Å². The molecular weight excluding hydrogens is 459 g/mol. The summed E-state index contributed by atoms with van der Waals surface area (Å²) in [5.74, 6) is -4.20. The van der Waals surface area contributed by atoms with Crippen molar-refractivity contribution in [2.24, 2.45) is 5.73 Å². The van der Waals surface area contributed by atoms with Gasteiger partial charge < -0.3 is 16.0 Å². The second-order valence-corrected chi connectivity index (χ2v) is 8.16. The van der Waals surface area contributed by atoms with Gasteiger partial charge >= 0.3 is 6.03 Å². The minimum absolute atomic E-state index is 0.0801. The van der Waals surface area contributed by atoms with Crippen LogP contribution in [-0.4, -0.2) is 45.2 Å². The molecule has 3 N–H and O–H groups in total. The second kappa shape index (κ2) is 8.43. The average Bonchev–Trinajstić information content (AvgIpc) is 3.25. The van der Waals surface area contributed by atoms with E-state index >= 15 is 4.39 Å². The van der Waals surface area contributed by atoms with Gasteiger partial charge in [-0.2, -0.15) is 5.10 Å². The first-order valence-electron chi connectivity index (χ1n) is 9.94. The van der Waals surface area contributed by atoms with E-state index in [4.69, 9.17) is 17.3 Å². The molecule has 33 heavy (non-hydrogen) atoms. The Morgan fingerprint density at radius 2 is 1.91 bits per heavy atom. The Hall–Kier alpha value is -3.53. The molecule has 1 fully saturated rings.